The Bertz CT molecular complexity index is 748. The first kappa shape index (κ1) is 18.5. The molecule has 0 spiro atoms. The fourth-order valence-electron chi connectivity index (χ4n) is 1.88. The highest BCUT2D eigenvalue weighted by molar-refractivity contribution is 6.19. The van der Waals surface area contributed by atoms with E-state index >= 15 is 0 Å². The summed E-state index contributed by atoms with van der Waals surface area (Å²) in [6, 6.07) is 7.67. The molecule has 0 saturated heterocycles. The summed E-state index contributed by atoms with van der Waals surface area (Å²) in [5.41, 5.74) is 0.137. The van der Waals surface area contributed by atoms with E-state index in [9.17, 15) is 9.18 Å². The van der Waals surface area contributed by atoms with Crippen molar-refractivity contribution >= 4 is 17.6 Å². The van der Waals surface area contributed by atoms with Crippen LogP contribution in [0, 0.1) is 11.2 Å². The van der Waals surface area contributed by atoms with Crippen molar-refractivity contribution in [2.24, 2.45) is 5.41 Å². The quantitative estimate of drug-likeness (QED) is 0.602. The first-order valence-electron chi connectivity index (χ1n) is 7.69. The minimum absolute atomic E-state index is 0.131. The van der Waals surface area contributed by atoms with Crippen molar-refractivity contribution in [1.82, 2.24) is 9.78 Å². The molecule has 0 atom stereocenters. The number of halogens is 2. The summed E-state index contributed by atoms with van der Waals surface area (Å²) in [4.78, 5) is 12.4. The van der Waals surface area contributed by atoms with Crippen molar-refractivity contribution in [2.75, 3.05) is 5.88 Å². The second kappa shape index (κ2) is 6.55. The Morgan fingerprint density at radius 2 is 1.92 bits per heavy atom. The third-order valence-corrected chi connectivity index (χ3v) is 4.25. The molecule has 1 heterocycles. The van der Waals surface area contributed by atoms with Gasteiger partial charge in [0.2, 0.25) is 5.88 Å². The van der Waals surface area contributed by atoms with E-state index in [1.165, 1.54) is 16.8 Å². The number of nitrogens with zero attached hydrogens (tertiary/aromatic N) is 2. The van der Waals surface area contributed by atoms with Gasteiger partial charge in [-0.15, -0.1) is 11.6 Å². The summed E-state index contributed by atoms with van der Waals surface area (Å²) < 4.78 is 20.5. The summed E-state index contributed by atoms with van der Waals surface area (Å²) in [7, 11) is 0. The molecule has 0 N–H and O–H groups in total. The van der Waals surface area contributed by atoms with Gasteiger partial charge in [-0.25, -0.2) is 9.07 Å². The maximum absolute atomic E-state index is 13.6. The molecule has 2 aromatic rings. The molecule has 0 radical (unpaired) electrons. The minimum atomic E-state index is -0.833. The Hall–Kier alpha value is -1.88. The van der Waals surface area contributed by atoms with Crippen LogP contribution in [0.1, 0.15) is 40.3 Å². The highest BCUT2D eigenvalue weighted by atomic mass is 35.5. The first-order chi connectivity index (χ1) is 11.0. The topological polar surface area (TPSA) is 44.1 Å². The summed E-state index contributed by atoms with van der Waals surface area (Å²) in [5.74, 6) is -0.477. The molecule has 0 bridgehead atoms. The second-order valence-corrected chi connectivity index (χ2v) is 7.68. The van der Waals surface area contributed by atoms with Crippen LogP contribution < -0.4 is 4.74 Å². The lowest BCUT2D eigenvalue weighted by atomic mass is 9.92. The van der Waals surface area contributed by atoms with Gasteiger partial charge in [0.25, 0.3) is 0 Å². The summed E-state index contributed by atoms with van der Waals surface area (Å²) >= 11 is 5.84. The fourth-order valence-corrected chi connectivity index (χ4v) is 1.99. The minimum Gasteiger partial charge on any atom is -0.407 e. The maximum Gasteiger partial charge on any atom is 0.319 e. The molecule has 0 aliphatic heterocycles. The molecule has 2 rings (SSSR count). The van der Waals surface area contributed by atoms with Gasteiger partial charge >= 0.3 is 5.97 Å². The number of benzene rings is 1. The smallest absolute Gasteiger partial charge is 0.319 e. The van der Waals surface area contributed by atoms with Crippen molar-refractivity contribution in [3.8, 4) is 11.6 Å². The number of aromatic nitrogens is 2. The fraction of sp³-hybridized carbons (Fsp3) is 0.444. The molecule has 1 aromatic carbocycles. The van der Waals surface area contributed by atoms with E-state index in [0.717, 1.165) is 5.69 Å². The standard InChI is InChI=1S/C18H22ClFN2O2/c1-17(2,3)14-10-15(24-16(23)18(4,5)11-19)22(21-14)13-8-6-7-12(20)9-13/h6-10H,11H2,1-5H3. The molecule has 0 aliphatic rings. The van der Waals surface area contributed by atoms with Crippen LogP contribution in [0.4, 0.5) is 4.39 Å². The molecule has 1 aromatic heterocycles. The van der Waals surface area contributed by atoms with E-state index in [-0.39, 0.29) is 17.2 Å². The van der Waals surface area contributed by atoms with Gasteiger partial charge in [-0.05, 0) is 32.0 Å². The van der Waals surface area contributed by atoms with Crippen LogP contribution in [0.3, 0.4) is 0 Å². The molecular weight excluding hydrogens is 331 g/mol. The van der Waals surface area contributed by atoms with Gasteiger partial charge in [-0.3, -0.25) is 4.79 Å². The van der Waals surface area contributed by atoms with Gasteiger partial charge in [0.05, 0.1) is 16.8 Å². The SMILES string of the molecule is CC(C)(CCl)C(=O)Oc1cc(C(C)(C)C)nn1-c1cccc(F)c1. The van der Waals surface area contributed by atoms with Crippen molar-refractivity contribution in [1.29, 1.82) is 0 Å². The van der Waals surface area contributed by atoms with E-state index in [2.05, 4.69) is 5.10 Å². The zero-order chi connectivity index (χ0) is 18.1. The van der Waals surface area contributed by atoms with Crippen LogP contribution in [0.15, 0.2) is 30.3 Å². The van der Waals surface area contributed by atoms with Crippen LogP contribution in [-0.4, -0.2) is 21.6 Å². The molecule has 6 heteroatoms. The van der Waals surface area contributed by atoms with E-state index in [1.54, 1.807) is 32.0 Å². The predicted octanol–water partition coefficient (Wildman–Crippen LogP) is 4.48. The van der Waals surface area contributed by atoms with Crippen LogP contribution in [0.2, 0.25) is 0 Å². The lowest BCUT2D eigenvalue weighted by molar-refractivity contribution is -0.143. The molecule has 130 valence electrons. The van der Waals surface area contributed by atoms with Crippen molar-refractivity contribution in [3.63, 3.8) is 0 Å². The van der Waals surface area contributed by atoms with Gasteiger partial charge in [-0.1, -0.05) is 26.8 Å². The molecule has 0 saturated carbocycles. The Morgan fingerprint density at radius 1 is 1.25 bits per heavy atom. The van der Waals surface area contributed by atoms with Crippen LogP contribution >= 0.6 is 11.6 Å². The van der Waals surface area contributed by atoms with Gasteiger partial charge in [-0.2, -0.15) is 5.10 Å². The van der Waals surface area contributed by atoms with Gasteiger partial charge in [0.1, 0.15) is 5.82 Å². The normalized spacial score (nSPS) is 12.3. The average Bonchev–Trinajstić information content (AvgIpc) is 2.91. The molecule has 24 heavy (non-hydrogen) atoms. The third kappa shape index (κ3) is 3.96. The monoisotopic (exact) mass is 352 g/mol. The third-order valence-electron chi connectivity index (χ3n) is 3.58. The van der Waals surface area contributed by atoms with E-state index in [1.807, 2.05) is 20.8 Å². The number of rotatable bonds is 4. The molecule has 4 nitrogen and oxygen atoms in total. The average molecular weight is 353 g/mol. The van der Waals surface area contributed by atoms with Crippen molar-refractivity contribution < 1.29 is 13.9 Å². The van der Waals surface area contributed by atoms with E-state index in [0.29, 0.717) is 5.69 Å². The lowest BCUT2D eigenvalue weighted by Gasteiger charge is -2.19. The largest absolute Gasteiger partial charge is 0.407 e. The maximum atomic E-state index is 13.6. The van der Waals surface area contributed by atoms with Gasteiger partial charge in [0, 0.05) is 17.4 Å². The molecule has 0 unspecified atom stereocenters. The summed E-state index contributed by atoms with van der Waals surface area (Å²) in [5, 5.41) is 4.49. The lowest BCUT2D eigenvalue weighted by Crippen LogP contribution is -2.31. The van der Waals surface area contributed by atoms with E-state index < -0.39 is 17.2 Å². The number of hydrogen-bond acceptors (Lipinski definition) is 3. The number of alkyl halides is 1. The first-order valence-corrected chi connectivity index (χ1v) is 8.23. The number of hydrogen-bond donors (Lipinski definition) is 0. The Kier molecular flexibility index (Phi) is 5.04. The van der Waals surface area contributed by atoms with E-state index in [4.69, 9.17) is 16.3 Å². The van der Waals surface area contributed by atoms with Crippen LogP contribution in [0.5, 0.6) is 5.88 Å². The predicted molar refractivity (Wildman–Crippen MR) is 92.4 cm³/mol. The van der Waals surface area contributed by atoms with Crippen LogP contribution in [-0.2, 0) is 10.2 Å². The molecule has 0 fully saturated rings. The highest BCUT2D eigenvalue weighted by Gasteiger charge is 2.31. The number of esters is 1. The van der Waals surface area contributed by atoms with Gasteiger partial charge in [0.15, 0.2) is 0 Å². The van der Waals surface area contributed by atoms with Crippen molar-refractivity contribution in [2.45, 2.75) is 40.0 Å². The Labute approximate surface area is 146 Å². The Morgan fingerprint density at radius 3 is 2.46 bits per heavy atom. The number of ether oxygens (including phenoxy) is 1. The summed E-state index contributed by atoms with van der Waals surface area (Å²) in [6.07, 6.45) is 0. The Balaban J connectivity index is 2.49. The second-order valence-electron chi connectivity index (χ2n) is 7.42. The molecule has 0 amide bonds. The van der Waals surface area contributed by atoms with Gasteiger partial charge < -0.3 is 4.74 Å². The van der Waals surface area contributed by atoms with Crippen molar-refractivity contribution in [3.05, 3.63) is 41.8 Å². The molecule has 0 aliphatic carbocycles. The number of carbonyl (C=O) groups is 1. The zero-order valence-electron chi connectivity index (χ0n) is 14.6. The van der Waals surface area contributed by atoms with Crippen LogP contribution in [0.25, 0.3) is 5.69 Å². The highest BCUT2D eigenvalue weighted by Crippen LogP contribution is 2.29. The zero-order valence-corrected chi connectivity index (χ0v) is 15.3. The number of carbonyl (C=O) groups excluding carboxylic acids is 1. The summed E-state index contributed by atoms with van der Waals surface area (Å²) in [6.45, 7) is 9.41. The molecular formula is C18H22ClFN2O2.